The number of nitrogens with zero attached hydrogens (tertiary/aromatic N) is 1. The molecule has 2 rings (SSSR count). The summed E-state index contributed by atoms with van der Waals surface area (Å²) in [6, 6.07) is 9.83. The van der Waals surface area contributed by atoms with Crippen LogP contribution in [0.25, 0.3) is 0 Å². The van der Waals surface area contributed by atoms with E-state index in [0.29, 0.717) is 5.69 Å². The summed E-state index contributed by atoms with van der Waals surface area (Å²) in [5, 5.41) is 2.91. The number of carbonyl (C=O) groups is 2. The minimum Gasteiger partial charge on any atom is -0.462 e. The van der Waals surface area contributed by atoms with Gasteiger partial charge in [-0.2, -0.15) is 0 Å². The zero-order chi connectivity index (χ0) is 21.8. The van der Waals surface area contributed by atoms with E-state index in [-0.39, 0.29) is 26.5 Å². The van der Waals surface area contributed by atoms with Crippen LogP contribution < -0.4 is 9.62 Å². The number of carbonyl (C=O) groups excluding carboxylic acids is 2. The van der Waals surface area contributed by atoms with Crippen molar-refractivity contribution in [1.29, 1.82) is 0 Å². The molecule has 29 heavy (non-hydrogen) atoms. The van der Waals surface area contributed by atoms with Crippen molar-refractivity contribution in [3.8, 4) is 0 Å². The van der Waals surface area contributed by atoms with Gasteiger partial charge in [0, 0.05) is 17.6 Å². The summed E-state index contributed by atoms with van der Waals surface area (Å²) in [4.78, 5) is 23.3. The predicted octanol–water partition coefficient (Wildman–Crippen LogP) is 4.10. The maximum atomic E-state index is 13.3. The van der Waals surface area contributed by atoms with Gasteiger partial charge in [-0.15, -0.1) is 0 Å². The van der Waals surface area contributed by atoms with E-state index in [1.54, 1.807) is 13.8 Å². The molecule has 0 spiro atoms. The van der Waals surface area contributed by atoms with Gasteiger partial charge in [-0.05, 0) is 56.3 Å². The Morgan fingerprint density at radius 1 is 1.10 bits per heavy atom. The van der Waals surface area contributed by atoms with Crippen molar-refractivity contribution < 1.29 is 22.7 Å². The monoisotopic (exact) mass is 458 g/mol. The van der Waals surface area contributed by atoms with Crippen LogP contribution in [-0.4, -0.2) is 32.9 Å². The van der Waals surface area contributed by atoms with Crippen LogP contribution >= 0.6 is 23.2 Å². The molecule has 1 amide bonds. The Hall–Kier alpha value is -2.29. The predicted molar refractivity (Wildman–Crippen MR) is 113 cm³/mol. The number of sulfonamides is 1. The number of hydrogen-bond acceptors (Lipinski definition) is 5. The second-order valence-corrected chi connectivity index (χ2v) is 9.06. The fraction of sp³-hybridized carbons (Fsp3) is 0.263. The summed E-state index contributed by atoms with van der Waals surface area (Å²) in [6.07, 6.45) is -0.418. The Balaban J connectivity index is 2.49. The van der Waals surface area contributed by atoms with Gasteiger partial charge >= 0.3 is 5.97 Å². The Kier molecular flexibility index (Phi) is 7.51. The highest BCUT2D eigenvalue weighted by Gasteiger charge is 2.30. The third-order valence-corrected chi connectivity index (χ3v) is 5.91. The first-order valence-corrected chi connectivity index (χ1v) is 10.7. The third-order valence-electron chi connectivity index (χ3n) is 3.58. The molecule has 0 aliphatic carbocycles. The highest BCUT2D eigenvalue weighted by molar-refractivity contribution is 7.92. The second-order valence-electron chi connectivity index (χ2n) is 6.35. The minimum atomic E-state index is -4.19. The van der Waals surface area contributed by atoms with Crippen LogP contribution in [0.4, 0.5) is 11.4 Å². The fourth-order valence-electron chi connectivity index (χ4n) is 2.43. The number of benzene rings is 2. The number of rotatable bonds is 7. The van der Waals surface area contributed by atoms with E-state index in [0.717, 1.165) is 4.31 Å². The minimum absolute atomic E-state index is 0.0470. The first kappa shape index (κ1) is 23.0. The van der Waals surface area contributed by atoms with E-state index < -0.39 is 28.6 Å². The number of esters is 1. The maximum absolute atomic E-state index is 13.3. The van der Waals surface area contributed by atoms with Crippen LogP contribution in [0.5, 0.6) is 0 Å². The SMILES string of the molecule is CC(=O)Nc1ccc(S(=O)(=O)N(CC(=O)OC(C)C)c2cc(Cl)ccc2Cl)cc1. The third kappa shape index (κ3) is 6.09. The topological polar surface area (TPSA) is 92.8 Å². The van der Waals surface area contributed by atoms with Gasteiger partial charge in [0.1, 0.15) is 6.54 Å². The number of amides is 1. The molecule has 1 N–H and O–H groups in total. The average Bonchev–Trinajstić information content (AvgIpc) is 2.61. The summed E-state index contributed by atoms with van der Waals surface area (Å²) >= 11 is 12.2. The Morgan fingerprint density at radius 3 is 2.28 bits per heavy atom. The summed E-state index contributed by atoms with van der Waals surface area (Å²) in [7, 11) is -4.19. The molecule has 2 aromatic carbocycles. The molecule has 0 fully saturated rings. The molecule has 2 aromatic rings. The van der Waals surface area contributed by atoms with Crippen molar-refractivity contribution in [2.75, 3.05) is 16.2 Å². The highest BCUT2D eigenvalue weighted by Crippen LogP contribution is 2.33. The van der Waals surface area contributed by atoms with E-state index in [9.17, 15) is 18.0 Å². The van der Waals surface area contributed by atoms with Gasteiger partial charge in [-0.25, -0.2) is 8.42 Å². The lowest BCUT2D eigenvalue weighted by Gasteiger charge is -2.25. The molecule has 0 saturated carbocycles. The van der Waals surface area contributed by atoms with Gasteiger partial charge in [0.05, 0.1) is 21.7 Å². The molecule has 0 bridgehead atoms. The van der Waals surface area contributed by atoms with Crippen LogP contribution in [0.3, 0.4) is 0 Å². The fourth-order valence-corrected chi connectivity index (χ4v) is 4.29. The Bertz CT molecular complexity index is 1010. The van der Waals surface area contributed by atoms with E-state index in [1.807, 2.05) is 0 Å². The van der Waals surface area contributed by atoms with Crippen molar-refractivity contribution in [3.63, 3.8) is 0 Å². The van der Waals surface area contributed by atoms with Crippen LogP contribution in [-0.2, 0) is 24.3 Å². The number of halogens is 2. The van der Waals surface area contributed by atoms with Crippen molar-refractivity contribution in [2.45, 2.75) is 31.8 Å². The van der Waals surface area contributed by atoms with Crippen LogP contribution in [0.1, 0.15) is 20.8 Å². The first-order chi connectivity index (χ1) is 13.5. The van der Waals surface area contributed by atoms with Gasteiger partial charge in [0.15, 0.2) is 0 Å². The van der Waals surface area contributed by atoms with Crippen molar-refractivity contribution in [1.82, 2.24) is 0 Å². The molecule has 0 aliphatic heterocycles. The number of nitrogens with one attached hydrogen (secondary N) is 1. The van der Waals surface area contributed by atoms with E-state index >= 15 is 0 Å². The molecule has 7 nitrogen and oxygen atoms in total. The zero-order valence-electron chi connectivity index (χ0n) is 16.0. The molecule has 0 radical (unpaired) electrons. The molecule has 0 aliphatic rings. The average molecular weight is 459 g/mol. The molecular formula is C19H20Cl2N2O5S. The second kappa shape index (κ2) is 9.47. The highest BCUT2D eigenvalue weighted by atomic mass is 35.5. The number of anilines is 2. The molecule has 0 atom stereocenters. The van der Waals surface area contributed by atoms with Gasteiger partial charge in [-0.1, -0.05) is 23.2 Å². The van der Waals surface area contributed by atoms with Gasteiger partial charge in [0.2, 0.25) is 5.91 Å². The van der Waals surface area contributed by atoms with E-state index in [4.69, 9.17) is 27.9 Å². The zero-order valence-corrected chi connectivity index (χ0v) is 18.3. The van der Waals surface area contributed by atoms with Crippen LogP contribution in [0, 0.1) is 0 Å². The largest absolute Gasteiger partial charge is 0.462 e. The smallest absolute Gasteiger partial charge is 0.327 e. The van der Waals surface area contributed by atoms with E-state index in [2.05, 4.69) is 5.32 Å². The molecule has 0 saturated heterocycles. The quantitative estimate of drug-likeness (QED) is 0.630. The van der Waals surface area contributed by atoms with Gasteiger partial charge in [-0.3, -0.25) is 13.9 Å². The Morgan fingerprint density at radius 2 is 1.72 bits per heavy atom. The van der Waals surface area contributed by atoms with Crippen LogP contribution in [0.2, 0.25) is 10.0 Å². The van der Waals surface area contributed by atoms with Crippen molar-refractivity contribution in [3.05, 3.63) is 52.5 Å². The number of hydrogen-bond donors (Lipinski definition) is 1. The molecule has 10 heteroatoms. The van der Waals surface area contributed by atoms with Crippen molar-refractivity contribution in [2.24, 2.45) is 0 Å². The van der Waals surface area contributed by atoms with Crippen LogP contribution in [0.15, 0.2) is 47.4 Å². The number of ether oxygens (including phenoxy) is 1. The summed E-state index contributed by atoms with van der Waals surface area (Å²) in [6.45, 7) is 4.07. The lowest BCUT2D eigenvalue weighted by molar-refractivity contribution is -0.145. The molecule has 0 aromatic heterocycles. The Labute approximate surface area is 179 Å². The summed E-state index contributed by atoms with van der Waals surface area (Å²) in [5.41, 5.74) is 0.480. The van der Waals surface area contributed by atoms with Gasteiger partial charge in [0.25, 0.3) is 10.0 Å². The molecule has 156 valence electrons. The first-order valence-electron chi connectivity index (χ1n) is 8.55. The lowest BCUT2D eigenvalue weighted by Crippen LogP contribution is -2.37. The summed E-state index contributed by atoms with van der Waals surface area (Å²) < 4.78 is 32.5. The maximum Gasteiger partial charge on any atom is 0.327 e. The summed E-state index contributed by atoms with van der Waals surface area (Å²) in [5.74, 6) is -1.03. The van der Waals surface area contributed by atoms with Crippen molar-refractivity contribution >= 4 is 56.5 Å². The standard InChI is InChI=1S/C19H20Cl2N2O5S/c1-12(2)28-19(25)11-23(18-10-14(20)4-9-17(18)21)29(26,27)16-7-5-15(6-8-16)22-13(3)24/h4-10,12H,11H2,1-3H3,(H,22,24). The normalized spacial score (nSPS) is 11.2. The molecular weight excluding hydrogens is 439 g/mol. The molecule has 0 unspecified atom stereocenters. The van der Waals surface area contributed by atoms with Gasteiger partial charge < -0.3 is 10.1 Å². The lowest BCUT2D eigenvalue weighted by atomic mass is 10.3. The van der Waals surface area contributed by atoms with E-state index in [1.165, 1.54) is 49.4 Å². The molecule has 0 heterocycles.